The highest BCUT2D eigenvalue weighted by Crippen LogP contribution is 2.13. The van der Waals surface area contributed by atoms with Crippen LogP contribution in [0.1, 0.15) is 40.5 Å². The smallest absolute Gasteiger partial charge is 0.271 e. The van der Waals surface area contributed by atoms with Gasteiger partial charge in [0.05, 0.1) is 5.01 Å². The second-order valence-electron chi connectivity index (χ2n) is 5.58. The van der Waals surface area contributed by atoms with Gasteiger partial charge in [-0.15, -0.1) is 11.3 Å². The molecule has 0 saturated heterocycles. The van der Waals surface area contributed by atoms with Crippen LogP contribution in [-0.2, 0) is 19.5 Å². The van der Waals surface area contributed by atoms with Gasteiger partial charge in [-0.3, -0.25) is 9.69 Å². The van der Waals surface area contributed by atoms with E-state index in [1.165, 1.54) is 16.9 Å². The molecule has 3 N–H and O–H groups in total. The minimum absolute atomic E-state index is 0.132. The van der Waals surface area contributed by atoms with Crippen molar-refractivity contribution in [3.05, 3.63) is 51.5 Å². The number of carbonyl (C=O) groups excluding carboxylic acids is 1. The van der Waals surface area contributed by atoms with Gasteiger partial charge in [-0.25, -0.2) is 4.98 Å². The molecular formula is C18H26N4OS. The van der Waals surface area contributed by atoms with E-state index in [-0.39, 0.29) is 5.91 Å². The Hall–Kier alpha value is -1.76. The Bertz CT molecular complexity index is 652. The number of hydrogen-bond acceptors (Lipinski definition) is 5. The van der Waals surface area contributed by atoms with Crippen molar-refractivity contribution in [2.24, 2.45) is 5.73 Å². The number of carbonyl (C=O) groups is 1. The Labute approximate surface area is 147 Å². The quantitative estimate of drug-likeness (QED) is 0.731. The SMILES string of the molecule is CCN(CC)Cc1ccccc1CNC(=O)c1csc(CCN)n1. The Balaban J connectivity index is 1.99. The van der Waals surface area contributed by atoms with Crippen LogP contribution in [0.5, 0.6) is 0 Å². The number of rotatable bonds is 9. The first kappa shape index (κ1) is 18.6. The average molecular weight is 347 g/mol. The molecule has 1 amide bonds. The number of benzene rings is 1. The van der Waals surface area contributed by atoms with E-state index in [0.29, 0.717) is 25.2 Å². The van der Waals surface area contributed by atoms with E-state index >= 15 is 0 Å². The third kappa shape index (κ3) is 5.12. The van der Waals surface area contributed by atoms with E-state index in [0.717, 1.165) is 30.2 Å². The molecule has 5 nitrogen and oxygen atoms in total. The summed E-state index contributed by atoms with van der Waals surface area (Å²) in [5.41, 5.74) is 8.40. The van der Waals surface area contributed by atoms with Gasteiger partial charge in [0, 0.05) is 24.9 Å². The fourth-order valence-corrected chi connectivity index (χ4v) is 3.29. The molecule has 0 spiro atoms. The summed E-state index contributed by atoms with van der Waals surface area (Å²) in [5.74, 6) is -0.132. The molecule has 1 aromatic heterocycles. The van der Waals surface area contributed by atoms with Gasteiger partial charge in [0.1, 0.15) is 5.69 Å². The lowest BCUT2D eigenvalue weighted by molar-refractivity contribution is 0.0946. The zero-order chi connectivity index (χ0) is 17.4. The molecule has 130 valence electrons. The highest BCUT2D eigenvalue weighted by Gasteiger charge is 2.12. The van der Waals surface area contributed by atoms with E-state index in [2.05, 4.69) is 41.2 Å². The van der Waals surface area contributed by atoms with Crippen LogP contribution in [0.4, 0.5) is 0 Å². The van der Waals surface area contributed by atoms with Crippen LogP contribution in [0.2, 0.25) is 0 Å². The topological polar surface area (TPSA) is 71.2 Å². The number of hydrogen-bond donors (Lipinski definition) is 2. The van der Waals surface area contributed by atoms with Gasteiger partial charge < -0.3 is 11.1 Å². The van der Waals surface area contributed by atoms with Crippen LogP contribution in [0.3, 0.4) is 0 Å². The number of nitrogens with one attached hydrogen (secondary N) is 1. The summed E-state index contributed by atoms with van der Waals surface area (Å²) >= 11 is 1.48. The second-order valence-corrected chi connectivity index (χ2v) is 6.52. The minimum Gasteiger partial charge on any atom is -0.347 e. The van der Waals surface area contributed by atoms with Gasteiger partial charge in [0.25, 0.3) is 5.91 Å². The minimum atomic E-state index is -0.132. The molecule has 0 atom stereocenters. The first-order valence-electron chi connectivity index (χ1n) is 8.39. The largest absolute Gasteiger partial charge is 0.347 e. The second kappa shape index (κ2) is 9.52. The van der Waals surface area contributed by atoms with Crippen LogP contribution >= 0.6 is 11.3 Å². The number of nitrogens with two attached hydrogens (primary N) is 1. The van der Waals surface area contributed by atoms with Gasteiger partial charge in [-0.2, -0.15) is 0 Å². The summed E-state index contributed by atoms with van der Waals surface area (Å²) in [7, 11) is 0. The molecule has 0 aliphatic rings. The first-order chi connectivity index (χ1) is 11.7. The van der Waals surface area contributed by atoms with E-state index in [1.807, 2.05) is 12.1 Å². The molecule has 0 aliphatic carbocycles. The highest BCUT2D eigenvalue weighted by molar-refractivity contribution is 7.09. The van der Waals surface area contributed by atoms with Gasteiger partial charge in [0.15, 0.2) is 0 Å². The van der Waals surface area contributed by atoms with E-state index in [9.17, 15) is 4.79 Å². The van der Waals surface area contributed by atoms with Crippen LogP contribution in [0.15, 0.2) is 29.6 Å². The monoisotopic (exact) mass is 346 g/mol. The number of amides is 1. The summed E-state index contributed by atoms with van der Waals surface area (Å²) in [4.78, 5) is 19.0. The van der Waals surface area contributed by atoms with Gasteiger partial charge in [-0.1, -0.05) is 38.1 Å². The summed E-state index contributed by atoms with van der Waals surface area (Å²) in [6, 6.07) is 8.25. The molecule has 0 bridgehead atoms. The van der Waals surface area contributed by atoms with Crippen LogP contribution in [-0.4, -0.2) is 35.4 Å². The van der Waals surface area contributed by atoms with E-state index in [4.69, 9.17) is 5.73 Å². The molecular weight excluding hydrogens is 320 g/mol. The summed E-state index contributed by atoms with van der Waals surface area (Å²) in [5, 5.41) is 5.68. The van der Waals surface area contributed by atoms with Gasteiger partial charge in [-0.05, 0) is 30.8 Å². The average Bonchev–Trinajstić information content (AvgIpc) is 3.07. The van der Waals surface area contributed by atoms with Crippen LogP contribution in [0.25, 0.3) is 0 Å². The predicted molar refractivity (Wildman–Crippen MR) is 99.1 cm³/mol. The Morgan fingerprint density at radius 3 is 2.62 bits per heavy atom. The maximum atomic E-state index is 12.3. The zero-order valence-corrected chi connectivity index (χ0v) is 15.2. The van der Waals surface area contributed by atoms with E-state index < -0.39 is 0 Å². The Morgan fingerprint density at radius 2 is 1.96 bits per heavy atom. The van der Waals surface area contributed by atoms with Crippen molar-refractivity contribution in [1.29, 1.82) is 0 Å². The third-order valence-corrected chi connectivity index (χ3v) is 4.90. The normalized spacial score (nSPS) is 11.0. The van der Waals surface area contributed by atoms with Crippen molar-refractivity contribution >= 4 is 17.2 Å². The molecule has 2 rings (SSSR count). The molecule has 0 radical (unpaired) electrons. The fraction of sp³-hybridized carbons (Fsp3) is 0.444. The lowest BCUT2D eigenvalue weighted by Crippen LogP contribution is -2.26. The summed E-state index contributed by atoms with van der Waals surface area (Å²) in [6.07, 6.45) is 0.713. The molecule has 0 fully saturated rings. The third-order valence-electron chi connectivity index (χ3n) is 3.99. The van der Waals surface area contributed by atoms with Crippen molar-refractivity contribution in [2.75, 3.05) is 19.6 Å². The van der Waals surface area contributed by atoms with Crippen LogP contribution in [0, 0.1) is 0 Å². The zero-order valence-electron chi connectivity index (χ0n) is 14.4. The van der Waals surface area contributed by atoms with Gasteiger partial charge in [0.2, 0.25) is 0 Å². The van der Waals surface area contributed by atoms with Crippen molar-refractivity contribution in [3.63, 3.8) is 0 Å². The van der Waals surface area contributed by atoms with Gasteiger partial charge >= 0.3 is 0 Å². The molecule has 1 aromatic carbocycles. The number of thiazole rings is 1. The predicted octanol–water partition coefficient (Wildman–Crippen LogP) is 2.42. The van der Waals surface area contributed by atoms with Crippen molar-refractivity contribution in [1.82, 2.24) is 15.2 Å². The molecule has 1 heterocycles. The molecule has 0 saturated carbocycles. The Morgan fingerprint density at radius 1 is 1.25 bits per heavy atom. The lowest BCUT2D eigenvalue weighted by Gasteiger charge is -2.20. The Kier molecular flexibility index (Phi) is 7.36. The molecule has 0 aliphatic heterocycles. The fourth-order valence-electron chi connectivity index (χ4n) is 2.49. The van der Waals surface area contributed by atoms with Crippen molar-refractivity contribution in [2.45, 2.75) is 33.4 Å². The standard InChI is InChI=1S/C18H26N4OS/c1-3-22(4-2)12-15-8-6-5-7-14(15)11-20-18(23)16-13-24-17(21-16)9-10-19/h5-8,13H,3-4,9-12,19H2,1-2H3,(H,20,23). The molecule has 0 unspecified atom stereocenters. The van der Waals surface area contributed by atoms with Crippen molar-refractivity contribution < 1.29 is 4.79 Å². The molecule has 2 aromatic rings. The lowest BCUT2D eigenvalue weighted by atomic mass is 10.1. The molecule has 6 heteroatoms. The van der Waals surface area contributed by atoms with Crippen LogP contribution < -0.4 is 11.1 Å². The molecule has 24 heavy (non-hydrogen) atoms. The number of aromatic nitrogens is 1. The van der Waals surface area contributed by atoms with Crippen molar-refractivity contribution in [3.8, 4) is 0 Å². The maximum Gasteiger partial charge on any atom is 0.271 e. The summed E-state index contributed by atoms with van der Waals surface area (Å²) in [6.45, 7) is 8.31. The first-order valence-corrected chi connectivity index (χ1v) is 9.27. The number of nitrogens with zero attached hydrogens (tertiary/aromatic N) is 2. The maximum absolute atomic E-state index is 12.3. The van der Waals surface area contributed by atoms with E-state index in [1.54, 1.807) is 5.38 Å². The summed E-state index contributed by atoms with van der Waals surface area (Å²) < 4.78 is 0. The highest BCUT2D eigenvalue weighted by atomic mass is 32.1.